The van der Waals surface area contributed by atoms with E-state index in [9.17, 15) is 0 Å². The van der Waals surface area contributed by atoms with Gasteiger partial charge in [0.2, 0.25) is 0 Å². The van der Waals surface area contributed by atoms with Gasteiger partial charge in [0.1, 0.15) is 0 Å². The van der Waals surface area contributed by atoms with E-state index in [2.05, 4.69) is 30.6 Å². The lowest BCUT2D eigenvalue weighted by molar-refractivity contribution is 0.0788. The second kappa shape index (κ2) is 6.44. The molecule has 1 N–H and O–H groups in total. The zero-order valence-corrected chi connectivity index (χ0v) is 12.8. The number of rotatable bonds is 7. The molecule has 1 saturated heterocycles. The van der Waals surface area contributed by atoms with Gasteiger partial charge in [-0.2, -0.15) is 11.8 Å². The second-order valence-electron chi connectivity index (χ2n) is 5.97. The van der Waals surface area contributed by atoms with Gasteiger partial charge in [0.15, 0.2) is 0 Å². The van der Waals surface area contributed by atoms with Crippen molar-refractivity contribution in [1.29, 1.82) is 0 Å². The number of nitrogens with one attached hydrogen (secondary N) is 1. The molecule has 18 heavy (non-hydrogen) atoms. The van der Waals surface area contributed by atoms with E-state index in [1.807, 2.05) is 17.8 Å². The van der Waals surface area contributed by atoms with Gasteiger partial charge >= 0.3 is 0 Å². The molecular weight excluding hydrogens is 240 g/mol. The Kier molecular flexibility index (Phi) is 5.16. The van der Waals surface area contributed by atoms with Crippen molar-refractivity contribution < 1.29 is 0 Å². The smallest absolute Gasteiger partial charge is 0.0309 e. The van der Waals surface area contributed by atoms with E-state index in [0.29, 0.717) is 5.54 Å². The highest BCUT2D eigenvalue weighted by Crippen LogP contribution is 2.41. The average Bonchev–Trinajstić information content (AvgIpc) is 3.19. The quantitative estimate of drug-likeness (QED) is 0.564. The molecule has 2 rings (SSSR count). The predicted molar refractivity (Wildman–Crippen MR) is 82.3 cm³/mol. The molecule has 2 atom stereocenters. The van der Waals surface area contributed by atoms with Crippen molar-refractivity contribution >= 4 is 11.8 Å². The lowest BCUT2D eigenvalue weighted by Crippen LogP contribution is -2.64. The van der Waals surface area contributed by atoms with Crippen LogP contribution in [0.5, 0.6) is 0 Å². The van der Waals surface area contributed by atoms with Crippen LogP contribution in [0.1, 0.15) is 33.1 Å². The molecule has 0 spiro atoms. The number of nitrogens with zero attached hydrogens (tertiary/aromatic N) is 1. The van der Waals surface area contributed by atoms with Crippen molar-refractivity contribution in [3.63, 3.8) is 0 Å². The Hall–Kier alpha value is 0.01000. The summed E-state index contributed by atoms with van der Waals surface area (Å²) in [5.41, 5.74) is 0.384. The van der Waals surface area contributed by atoms with E-state index in [1.54, 1.807) is 0 Å². The molecule has 2 aliphatic rings. The van der Waals surface area contributed by atoms with Crippen LogP contribution in [-0.2, 0) is 0 Å². The first-order valence-corrected chi connectivity index (χ1v) is 8.53. The topological polar surface area (TPSA) is 15.3 Å². The Morgan fingerprint density at radius 2 is 2.28 bits per heavy atom. The summed E-state index contributed by atoms with van der Waals surface area (Å²) in [4.78, 5) is 2.73. The Balaban J connectivity index is 1.84. The fourth-order valence-corrected chi connectivity index (χ4v) is 3.79. The van der Waals surface area contributed by atoms with Gasteiger partial charge in [-0.05, 0) is 32.1 Å². The van der Waals surface area contributed by atoms with E-state index in [-0.39, 0.29) is 0 Å². The van der Waals surface area contributed by atoms with Crippen molar-refractivity contribution in [3.05, 3.63) is 12.7 Å². The molecule has 1 aliphatic carbocycles. The molecule has 0 bridgehead atoms. The molecule has 2 fully saturated rings. The maximum absolute atomic E-state index is 3.83. The Bertz CT molecular complexity index is 278. The molecule has 0 aromatic carbocycles. The molecule has 2 unspecified atom stereocenters. The monoisotopic (exact) mass is 268 g/mol. The summed E-state index contributed by atoms with van der Waals surface area (Å²) in [7, 11) is 0. The lowest BCUT2D eigenvalue weighted by atomic mass is 9.90. The zero-order chi connectivity index (χ0) is 13.0. The van der Waals surface area contributed by atoms with E-state index in [0.717, 1.165) is 17.7 Å². The van der Waals surface area contributed by atoms with Gasteiger partial charge in [0.05, 0.1) is 0 Å². The molecule has 2 nitrogen and oxygen atoms in total. The normalized spacial score (nSPS) is 33.6. The van der Waals surface area contributed by atoms with Crippen molar-refractivity contribution in [2.75, 3.05) is 31.1 Å². The Labute approximate surface area is 117 Å². The summed E-state index contributed by atoms with van der Waals surface area (Å²) < 4.78 is 0. The third-order valence-electron chi connectivity index (χ3n) is 4.50. The van der Waals surface area contributed by atoms with Crippen molar-refractivity contribution in [1.82, 2.24) is 10.2 Å². The van der Waals surface area contributed by atoms with Gasteiger partial charge in [0, 0.05) is 42.7 Å². The summed E-state index contributed by atoms with van der Waals surface area (Å²) in [6.45, 7) is 12.2. The van der Waals surface area contributed by atoms with Crippen molar-refractivity contribution in [2.24, 2.45) is 5.92 Å². The number of hydrogen-bond acceptors (Lipinski definition) is 3. The van der Waals surface area contributed by atoms with Crippen LogP contribution in [0.15, 0.2) is 12.7 Å². The molecule has 3 heteroatoms. The third kappa shape index (κ3) is 3.52. The SMILES string of the molecule is C=CCSCCN1CC(C)(C2CC2)NCC1CC. The molecule has 0 radical (unpaired) electrons. The predicted octanol–water partition coefficient (Wildman–Crippen LogP) is 2.76. The van der Waals surface area contributed by atoms with E-state index in [4.69, 9.17) is 0 Å². The molecular formula is C15H28N2S. The van der Waals surface area contributed by atoms with E-state index < -0.39 is 0 Å². The highest BCUT2D eigenvalue weighted by atomic mass is 32.2. The van der Waals surface area contributed by atoms with Crippen LogP contribution in [0.4, 0.5) is 0 Å². The molecule has 1 heterocycles. The highest BCUT2D eigenvalue weighted by molar-refractivity contribution is 7.99. The fraction of sp³-hybridized carbons (Fsp3) is 0.867. The Morgan fingerprint density at radius 3 is 2.89 bits per heavy atom. The molecule has 0 aromatic heterocycles. The summed E-state index contributed by atoms with van der Waals surface area (Å²) in [5.74, 6) is 3.25. The third-order valence-corrected chi connectivity index (χ3v) is 5.44. The van der Waals surface area contributed by atoms with Gasteiger partial charge < -0.3 is 5.32 Å². The first-order chi connectivity index (χ1) is 8.69. The van der Waals surface area contributed by atoms with Crippen LogP contribution in [0.2, 0.25) is 0 Å². The minimum Gasteiger partial charge on any atom is -0.308 e. The summed E-state index contributed by atoms with van der Waals surface area (Å²) in [5, 5.41) is 3.83. The van der Waals surface area contributed by atoms with E-state index >= 15 is 0 Å². The summed E-state index contributed by atoms with van der Waals surface area (Å²) in [6.07, 6.45) is 6.13. The minimum absolute atomic E-state index is 0.384. The fourth-order valence-electron chi connectivity index (χ4n) is 3.09. The van der Waals surface area contributed by atoms with E-state index in [1.165, 1.54) is 44.6 Å². The summed E-state index contributed by atoms with van der Waals surface area (Å²) >= 11 is 2.00. The van der Waals surface area contributed by atoms with Gasteiger partial charge in [-0.3, -0.25) is 4.90 Å². The van der Waals surface area contributed by atoms with Crippen LogP contribution in [0, 0.1) is 5.92 Å². The lowest BCUT2D eigenvalue weighted by Gasteiger charge is -2.46. The van der Waals surface area contributed by atoms with Crippen molar-refractivity contribution in [2.45, 2.75) is 44.7 Å². The number of piperazine rings is 1. The van der Waals surface area contributed by atoms with Gasteiger partial charge in [-0.15, -0.1) is 6.58 Å². The molecule has 104 valence electrons. The second-order valence-corrected chi connectivity index (χ2v) is 7.12. The maximum atomic E-state index is 3.83. The first-order valence-electron chi connectivity index (χ1n) is 7.37. The molecule has 1 aliphatic heterocycles. The molecule has 0 amide bonds. The standard InChI is InChI=1S/C15H28N2S/c1-4-9-18-10-8-17-12-15(3,13-6-7-13)16-11-14(17)5-2/h4,13-14,16H,1,5-12H2,2-3H3. The molecule has 0 aromatic rings. The minimum atomic E-state index is 0.384. The van der Waals surface area contributed by atoms with Crippen LogP contribution in [-0.4, -0.2) is 47.6 Å². The highest BCUT2D eigenvalue weighted by Gasteiger charge is 2.45. The number of thioether (sulfide) groups is 1. The van der Waals surface area contributed by atoms with Crippen LogP contribution >= 0.6 is 11.8 Å². The zero-order valence-electron chi connectivity index (χ0n) is 12.0. The molecule has 1 saturated carbocycles. The average molecular weight is 268 g/mol. The maximum Gasteiger partial charge on any atom is 0.0309 e. The van der Waals surface area contributed by atoms with Gasteiger partial charge in [0.25, 0.3) is 0 Å². The largest absolute Gasteiger partial charge is 0.308 e. The van der Waals surface area contributed by atoms with Gasteiger partial charge in [-0.25, -0.2) is 0 Å². The van der Waals surface area contributed by atoms with Crippen LogP contribution in [0.3, 0.4) is 0 Å². The van der Waals surface area contributed by atoms with Gasteiger partial charge in [-0.1, -0.05) is 13.0 Å². The van der Waals surface area contributed by atoms with Crippen LogP contribution in [0.25, 0.3) is 0 Å². The Morgan fingerprint density at radius 1 is 1.50 bits per heavy atom. The van der Waals surface area contributed by atoms with Crippen LogP contribution < -0.4 is 5.32 Å². The van der Waals surface area contributed by atoms with Crippen molar-refractivity contribution in [3.8, 4) is 0 Å². The first kappa shape index (κ1) is 14.4. The number of hydrogen-bond donors (Lipinski definition) is 1. The summed E-state index contributed by atoms with van der Waals surface area (Å²) in [6, 6.07) is 0.737.